The first kappa shape index (κ1) is 15.2. The lowest BCUT2D eigenvalue weighted by Gasteiger charge is -2.15. The molecule has 0 radical (unpaired) electrons. The van der Waals surface area contributed by atoms with E-state index in [1.807, 2.05) is 19.4 Å². The Hall–Kier alpha value is -0.820. The van der Waals surface area contributed by atoms with Gasteiger partial charge in [0.05, 0.1) is 0 Å². The van der Waals surface area contributed by atoms with Gasteiger partial charge in [0.25, 0.3) is 0 Å². The highest BCUT2D eigenvalue weighted by molar-refractivity contribution is 7.98. The second kappa shape index (κ2) is 7.58. The molecule has 0 spiro atoms. The number of rotatable bonds is 7. The van der Waals surface area contributed by atoms with Gasteiger partial charge >= 0.3 is 0 Å². The first-order valence-corrected chi connectivity index (χ1v) is 8.67. The monoisotopic (exact) mass is 288 g/mol. The summed E-state index contributed by atoms with van der Waals surface area (Å²) >= 11 is 1.51. The van der Waals surface area contributed by atoms with E-state index in [9.17, 15) is 4.21 Å². The van der Waals surface area contributed by atoms with Crippen LogP contribution in [0.5, 0.6) is 0 Å². The molecular formula is C11H20N4OS2. The lowest BCUT2D eigenvalue weighted by Crippen LogP contribution is -2.19. The Morgan fingerprint density at radius 1 is 1.44 bits per heavy atom. The van der Waals surface area contributed by atoms with Crippen molar-refractivity contribution >= 4 is 34.2 Å². The Bertz CT molecular complexity index is 392. The maximum Gasteiger partial charge on any atom is 0.191 e. The minimum atomic E-state index is -0.745. The van der Waals surface area contributed by atoms with Crippen molar-refractivity contribution in [1.29, 1.82) is 0 Å². The number of nitrogens with zero attached hydrogens (tertiary/aromatic N) is 2. The quantitative estimate of drug-likeness (QED) is 0.589. The van der Waals surface area contributed by atoms with Crippen molar-refractivity contribution in [1.82, 2.24) is 9.97 Å². The van der Waals surface area contributed by atoms with E-state index in [0.29, 0.717) is 5.75 Å². The molecule has 0 fully saturated rings. The van der Waals surface area contributed by atoms with Crippen molar-refractivity contribution in [2.45, 2.75) is 24.5 Å². The third kappa shape index (κ3) is 5.22. The molecule has 1 aromatic heterocycles. The SMILES string of the molecule is CNc1cc(NC(C)CCS(C)=O)nc(SC)n1. The Morgan fingerprint density at radius 3 is 2.67 bits per heavy atom. The predicted molar refractivity (Wildman–Crippen MR) is 80.0 cm³/mol. The van der Waals surface area contributed by atoms with Crippen molar-refractivity contribution in [2.75, 3.05) is 35.9 Å². The molecule has 0 aliphatic heterocycles. The van der Waals surface area contributed by atoms with Gasteiger partial charge in [0.1, 0.15) is 11.6 Å². The van der Waals surface area contributed by atoms with Crippen LogP contribution >= 0.6 is 11.8 Å². The molecule has 0 saturated heterocycles. The normalized spacial score (nSPS) is 14.0. The van der Waals surface area contributed by atoms with Crippen molar-refractivity contribution in [2.24, 2.45) is 0 Å². The van der Waals surface area contributed by atoms with E-state index in [-0.39, 0.29) is 6.04 Å². The summed E-state index contributed by atoms with van der Waals surface area (Å²) < 4.78 is 11.0. The van der Waals surface area contributed by atoms with E-state index in [2.05, 4.69) is 27.5 Å². The molecule has 1 aromatic rings. The van der Waals surface area contributed by atoms with Crippen LogP contribution in [0, 0.1) is 0 Å². The average Bonchev–Trinajstić information content (AvgIpc) is 2.35. The molecule has 0 bridgehead atoms. The van der Waals surface area contributed by atoms with Gasteiger partial charge in [-0.15, -0.1) is 0 Å². The number of aromatic nitrogens is 2. The van der Waals surface area contributed by atoms with Gasteiger partial charge in [0.15, 0.2) is 5.16 Å². The molecule has 102 valence electrons. The Labute approximate surface area is 115 Å². The van der Waals surface area contributed by atoms with Gasteiger partial charge in [-0.05, 0) is 19.6 Å². The molecule has 2 atom stereocenters. The van der Waals surface area contributed by atoms with Gasteiger partial charge in [-0.1, -0.05) is 11.8 Å². The summed E-state index contributed by atoms with van der Waals surface area (Å²) in [6.07, 6.45) is 4.53. The Balaban J connectivity index is 2.67. The Kier molecular flexibility index (Phi) is 6.42. The van der Waals surface area contributed by atoms with Crippen LogP contribution in [-0.4, -0.2) is 45.5 Å². The molecule has 0 amide bonds. The van der Waals surface area contributed by atoms with E-state index in [0.717, 1.165) is 23.2 Å². The van der Waals surface area contributed by atoms with Crippen LogP contribution in [0.4, 0.5) is 11.6 Å². The molecule has 2 N–H and O–H groups in total. The fraction of sp³-hybridized carbons (Fsp3) is 0.636. The number of hydrogen-bond acceptors (Lipinski definition) is 6. The average molecular weight is 288 g/mol. The molecule has 2 unspecified atom stereocenters. The predicted octanol–water partition coefficient (Wildman–Crippen LogP) is 1.81. The topological polar surface area (TPSA) is 66.9 Å². The fourth-order valence-corrected chi connectivity index (χ4v) is 2.45. The zero-order chi connectivity index (χ0) is 13.5. The standard InChI is InChI=1S/C11H20N4OS2/c1-8(5-6-18(4)16)13-10-7-9(12-2)14-11(15-10)17-3/h7-8H,5-6H2,1-4H3,(H2,12,13,14,15). The third-order valence-electron chi connectivity index (χ3n) is 2.38. The first-order chi connectivity index (χ1) is 8.55. The highest BCUT2D eigenvalue weighted by atomic mass is 32.2. The molecule has 0 saturated carbocycles. The Morgan fingerprint density at radius 2 is 2.11 bits per heavy atom. The molecule has 0 aromatic carbocycles. The zero-order valence-corrected chi connectivity index (χ0v) is 12.8. The van der Waals surface area contributed by atoms with Crippen molar-refractivity contribution in [3.8, 4) is 0 Å². The molecule has 5 nitrogen and oxygen atoms in total. The van der Waals surface area contributed by atoms with Gasteiger partial charge < -0.3 is 10.6 Å². The van der Waals surface area contributed by atoms with Gasteiger partial charge in [-0.25, -0.2) is 9.97 Å². The summed E-state index contributed by atoms with van der Waals surface area (Å²) in [6, 6.07) is 2.11. The zero-order valence-electron chi connectivity index (χ0n) is 11.2. The van der Waals surface area contributed by atoms with E-state index in [1.165, 1.54) is 11.8 Å². The summed E-state index contributed by atoms with van der Waals surface area (Å²) in [4.78, 5) is 8.70. The number of thioether (sulfide) groups is 1. The van der Waals surface area contributed by atoms with Gasteiger partial charge in [0, 0.05) is 42.0 Å². The maximum atomic E-state index is 11.0. The summed E-state index contributed by atoms with van der Waals surface area (Å²) in [7, 11) is 1.09. The van der Waals surface area contributed by atoms with Crippen LogP contribution in [0.25, 0.3) is 0 Å². The van der Waals surface area contributed by atoms with Gasteiger partial charge in [-0.3, -0.25) is 4.21 Å². The molecule has 0 aliphatic carbocycles. The molecule has 18 heavy (non-hydrogen) atoms. The van der Waals surface area contributed by atoms with Crippen LogP contribution in [0.3, 0.4) is 0 Å². The van der Waals surface area contributed by atoms with E-state index >= 15 is 0 Å². The molecule has 1 rings (SSSR count). The van der Waals surface area contributed by atoms with Crippen LogP contribution in [0.2, 0.25) is 0 Å². The fourth-order valence-electron chi connectivity index (χ4n) is 1.39. The number of hydrogen-bond donors (Lipinski definition) is 2. The lowest BCUT2D eigenvalue weighted by atomic mass is 10.2. The number of nitrogens with one attached hydrogen (secondary N) is 2. The summed E-state index contributed by atoms with van der Waals surface area (Å²) in [5, 5.41) is 7.05. The molecular weight excluding hydrogens is 268 g/mol. The van der Waals surface area contributed by atoms with Gasteiger partial charge in [-0.2, -0.15) is 0 Å². The summed E-state index contributed by atoms with van der Waals surface area (Å²) in [5.41, 5.74) is 0. The van der Waals surface area contributed by atoms with Gasteiger partial charge in [0.2, 0.25) is 0 Å². The van der Waals surface area contributed by atoms with E-state index in [1.54, 1.807) is 6.26 Å². The highest BCUT2D eigenvalue weighted by Gasteiger charge is 2.07. The minimum Gasteiger partial charge on any atom is -0.373 e. The molecule has 0 aliphatic rings. The molecule has 1 heterocycles. The van der Waals surface area contributed by atoms with Crippen LogP contribution < -0.4 is 10.6 Å². The van der Waals surface area contributed by atoms with Crippen molar-refractivity contribution in [3.63, 3.8) is 0 Å². The lowest BCUT2D eigenvalue weighted by molar-refractivity contribution is 0.678. The first-order valence-electron chi connectivity index (χ1n) is 5.72. The highest BCUT2D eigenvalue weighted by Crippen LogP contribution is 2.17. The summed E-state index contributed by atoms with van der Waals surface area (Å²) in [5.74, 6) is 2.30. The maximum absolute atomic E-state index is 11.0. The third-order valence-corrected chi connectivity index (χ3v) is 3.74. The van der Waals surface area contributed by atoms with Crippen LogP contribution in [0.15, 0.2) is 11.2 Å². The minimum absolute atomic E-state index is 0.239. The number of anilines is 2. The van der Waals surface area contributed by atoms with E-state index in [4.69, 9.17) is 0 Å². The van der Waals surface area contributed by atoms with E-state index < -0.39 is 10.8 Å². The van der Waals surface area contributed by atoms with Crippen LogP contribution in [0.1, 0.15) is 13.3 Å². The smallest absolute Gasteiger partial charge is 0.191 e. The largest absolute Gasteiger partial charge is 0.373 e. The van der Waals surface area contributed by atoms with Crippen molar-refractivity contribution in [3.05, 3.63) is 6.07 Å². The molecule has 7 heteroatoms. The van der Waals surface area contributed by atoms with Crippen LogP contribution in [-0.2, 0) is 10.8 Å². The summed E-state index contributed by atoms with van der Waals surface area (Å²) in [6.45, 7) is 2.06. The van der Waals surface area contributed by atoms with Crippen molar-refractivity contribution < 1.29 is 4.21 Å². The second-order valence-electron chi connectivity index (χ2n) is 3.99. The second-order valence-corrected chi connectivity index (χ2v) is 6.31.